The quantitative estimate of drug-likeness (QED) is 0.0418. The molecule has 0 saturated carbocycles. The molecule has 0 unspecified atom stereocenters. The van der Waals surface area contributed by atoms with E-state index in [4.69, 9.17) is 17.9 Å². The van der Waals surface area contributed by atoms with Crippen molar-refractivity contribution in [2.75, 3.05) is 0 Å². The van der Waals surface area contributed by atoms with Crippen LogP contribution in [-0.2, 0) is 37.3 Å². The van der Waals surface area contributed by atoms with Gasteiger partial charge in [-0.25, -0.2) is 4.98 Å². The van der Waals surface area contributed by atoms with Crippen LogP contribution in [0.1, 0.15) is 131 Å². The van der Waals surface area contributed by atoms with E-state index in [1.807, 2.05) is 101 Å². The number of rotatable bonds is 16. The summed E-state index contributed by atoms with van der Waals surface area (Å²) in [5.74, 6) is 0.726. The minimum atomic E-state index is -6.79. The van der Waals surface area contributed by atoms with Gasteiger partial charge in [0.2, 0.25) is 0 Å². The maximum absolute atomic E-state index is 11.5. The number of para-hydroxylation sites is 2. The molecule has 17 aromatic rings. The van der Waals surface area contributed by atoms with Gasteiger partial charge in [-0.05, 0) is 143 Å². The van der Waals surface area contributed by atoms with Crippen molar-refractivity contribution >= 4 is 90.5 Å². The van der Waals surface area contributed by atoms with Crippen LogP contribution in [0.4, 0.5) is 0 Å². The number of imidazole rings is 1. The molecule has 3 aromatic heterocycles. The molecular weight excluding hydrogens is 1550 g/mol. The van der Waals surface area contributed by atoms with E-state index >= 15 is 0 Å². The Labute approximate surface area is 717 Å². The van der Waals surface area contributed by atoms with Crippen LogP contribution in [0.15, 0.2) is 357 Å². The number of benzene rings is 14. The van der Waals surface area contributed by atoms with Crippen molar-refractivity contribution in [2.45, 2.75) is 78.6 Å². The van der Waals surface area contributed by atoms with E-state index in [0.717, 1.165) is 51.2 Å². The van der Waals surface area contributed by atoms with E-state index in [1.165, 1.54) is 9.13 Å². The summed E-state index contributed by atoms with van der Waals surface area (Å²) in [6, 6.07) is -8.06. The molecule has 5 nitrogen and oxygen atoms in total. The van der Waals surface area contributed by atoms with Gasteiger partial charge in [0.15, 0.2) is 16.1 Å². The Morgan fingerprint density at radius 2 is 0.845 bits per heavy atom. The largest absolute Gasteiger partial charge is 0.510 e. The SMILES string of the molecule is [2H]c1c([2H])c([2H])c([Si](c2c([2H])c([2H])c([2H])c([2H])c2[2H])(c2c([2H])c([2H])c([2H])c([2H])c2[2H])c2c([2H])c([2H])c([2H])c(-c3cccc(-c4c([2H])c([2H])c([2H])c([Si](c5c([2H])c([2H])c([2H])c([2H])c5[2H])(c5c([2H])c([2H])c([2H])c([2H])c5[2H])c5c([2H])c([2H])c([2H])c([2H])c5[2H])c4[2H])c3-[n+]3[c-]n(-c4[c-]c(Oc5[c-]c6c(cc5)c5ccccc5n6-c5cc(C(C)(C)C)ccn5)ccc4)c4cc(-c5cc(C(C)(C)C)cc(C(C)(C)C)c5)ccc43)c2[2H])c([2H])c1[2H].[Pt]. The number of hydrogen-bond acceptors (Lipinski definition) is 2. The van der Waals surface area contributed by atoms with Crippen LogP contribution >= 0.6 is 0 Å². The monoisotopic (exact) mass is 1670 g/mol. The molecule has 0 aliphatic carbocycles. The summed E-state index contributed by atoms with van der Waals surface area (Å²) in [4.78, 5) is 4.86. The summed E-state index contributed by atoms with van der Waals surface area (Å²) in [7, 11) is -13.6. The molecule has 0 bridgehead atoms. The maximum Gasteiger partial charge on any atom is 0.268 e. The summed E-state index contributed by atoms with van der Waals surface area (Å²) in [6.07, 6.45) is 5.14. The van der Waals surface area contributed by atoms with Gasteiger partial charge in [-0.15, -0.1) is 29.7 Å². The van der Waals surface area contributed by atoms with Gasteiger partial charge in [0.05, 0.1) is 68.8 Å². The summed E-state index contributed by atoms with van der Waals surface area (Å²) in [6.45, 7) is 18.4. The van der Waals surface area contributed by atoms with E-state index in [2.05, 4.69) is 45.3 Å². The number of hydrogen-bond donors (Lipinski definition) is 0. The molecule has 14 aromatic carbocycles. The molecule has 0 fully saturated rings. The van der Waals surface area contributed by atoms with Crippen molar-refractivity contribution in [1.82, 2.24) is 14.1 Å². The minimum Gasteiger partial charge on any atom is -0.510 e. The normalized spacial score (nSPS) is 17.0. The Balaban J connectivity index is 0.0000156. The number of aromatic nitrogens is 4. The molecule has 0 radical (unpaired) electrons. The molecule has 540 valence electrons. The van der Waals surface area contributed by atoms with Crippen LogP contribution in [-0.4, -0.2) is 30.3 Å². The molecule has 0 saturated heterocycles. The Morgan fingerprint density at radius 1 is 0.382 bits per heavy atom. The van der Waals surface area contributed by atoms with Crippen molar-refractivity contribution in [3.8, 4) is 62.1 Å². The zero-order valence-electron chi connectivity index (χ0n) is 98.6. The fourth-order valence-electron chi connectivity index (χ4n) is 13.9. The molecule has 0 amide bonds. The van der Waals surface area contributed by atoms with E-state index < -0.39 is 326 Å². The molecule has 8 heteroatoms. The first-order valence-corrected chi connectivity index (χ1v) is 38.8. The smallest absolute Gasteiger partial charge is 0.268 e. The van der Waals surface area contributed by atoms with Crippen LogP contribution < -0.4 is 50.8 Å². The average molecular weight is 1670 g/mol. The standard InChI is InChI=1S/C102H86N4OSi2.Pt/c1-100(2,3)76-60-61-103-98(68-76)106-94-55-29-28-52-92(94)93-58-57-81(70-96(93)106)107-80-37-32-36-79(69-80)104-71-105(95-59-56-72(66-97(95)104)75-62-77(101(4,5)6)67-78(63-75)102(7,8)9)99-90(73-34-30-50-88(64-73)108(82-38-16-10-17-39-82,83-40-18-11-19-41-83)84-42-20-12-21-43-84)53-33-54-91(99)74-35-31-51-89(65-74)109(85-44-22-13-23-45-85,86-46-24-14-25-47-86)87-48-26-15-27-49-87;/h10-68H,1-9H3;/q-2;/i10D,11D,12D,13D,14D,15D,16D,17D,18D,19D,20D,21D,22D,23D,24D,25D,26D,27D,30D,31D,34D,35D,38D,39D,40D,41D,42D,43D,44D,45D,46D,47D,48D,49D,50D,51D,64D,65D;. The number of ether oxygens (including phenoxy) is 1. The van der Waals surface area contributed by atoms with E-state index in [0.29, 0.717) is 22.5 Å². The van der Waals surface area contributed by atoms with Crippen molar-refractivity contribution in [1.29, 1.82) is 0 Å². The van der Waals surface area contributed by atoms with Crippen LogP contribution in [0.2, 0.25) is 0 Å². The second-order valence-corrected chi connectivity index (χ2v) is 36.1. The van der Waals surface area contributed by atoms with Gasteiger partial charge in [-0.3, -0.25) is 4.57 Å². The number of nitrogens with zero attached hydrogens (tertiary/aromatic N) is 4. The van der Waals surface area contributed by atoms with E-state index in [9.17, 15) is 43.9 Å². The Bertz CT molecular complexity index is 7820. The predicted octanol–water partition coefficient (Wildman–Crippen LogP) is 19.2. The molecular formula is C102H86N4OPtSi2-2. The summed E-state index contributed by atoms with van der Waals surface area (Å²) >= 11 is 0. The van der Waals surface area contributed by atoms with Crippen molar-refractivity contribution in [3.63, 3.8) is 0 Å². The third-order valence-corrected chi connectivity index (χ3v) is 27.3. The molecule has 110 heavy (non-hydrogen) atoms. The Kier molecular flexibility index (Phi) is 10.9. The second-order valence-electron chi connectivity index (χ2n) is 29.1. The van der Waals surface area contributed by atoms with Crippen LogP contribution in [0.3, 0.4) is 0 Å². The fraction of sp³-hybridized carbons (Fsp3) is 0.118. The average Bonchev–Trinajstić information content (AvgIpc) is 1.22. The molecule has 0 atom stereocenters. The van der Waals surface area contributed by atoms with Crippen molar-refractivity contribution in [2.24, 2.45) is 0 Å². The maximum atomic E-state index is 11.5. The van der Waals surface area contributed by atoms with Gasteiger partial charge in [-0.2, -0.15) is 18.2 Å². The van der Waals surface area contributed by atoms with Crippen LogP contribution in [0.5, 0.6) is 11.5 Å². The number of fused-ring (bicyclic) bond motifs is 4. The van der Waals surface area contributed by atoms with Gasteiger partial charge in [-0.1, -0.05) is 364 Å². The summed E-state index contributed by atoms with van der Waals surface area (Å²) < 4.78 is 386. The second kappa shape index (κ2) is 29.4. The number of pyridine rings is 1. The third-order valence-electron chi connectivity index (χ3n) is 19.3. The molecule has 0 N–H and O–H groups in total. The molecule has 17 rings (SSSR count). The zero-order valence-corrected chi connectivity index (χ0v) is 64.9. The van der Waals surface area contributed by atoms with Crippen molar-refractivity contribution < 1.29 is 82.5 Å². The van der Waals surface area contributed by atoms with Gasteiger partial charge >= 0.3 is 0 Å². The van der Waals surface area contributed by atoms with E-state index in [-0.39, 0.29) is 54.7 Å². The Morgan fingerprint density at radius 3 is 1.34 bits per heavy atom. The summed E-state index contributed by atoms with van der Waals surface area (Å²) in [5, 5.41) is -8.29. The van der Waals surface area contributed by atoms with Gasteiger partial charge < -0.3 is 13.9 Å². The molecule has 3 heterocycles. The fourth-order valence-corrected chi connectivity index (χ4v) is 21.0. The first kappa shape index (κ1) is 40.7. The first-order valence-electron chi connectivity index (χ1n) is 53.8. The first-order chi connectivity index (χ1) is 68.7. The Hall–Kier alpha value is -11.6. The van der Waals surface area contributed by atoms with Gasteiger partial charge in [0.25, 0.3) is 6.33 Å². The predicted molar refractivity (Wildman–Crippen MR) is 460 cm³/mol. The zero-order chi connectivity index (χ0) is 108. The third kappa shape index (κ3) is 13.2. The van der Waals surface area contributed by atoms with E-state index in [1.54, 1.807) is 48.7 Å². The van der Waals surface area contributed by atoms with Crippen LogP contribution in [0.25, 0.3) is 83.4 Å². The van der Waals surface area contributed by atoms with Crippen LogP contribution in [0, 0.1) is 18.5 Å². The van der Waals surface area contributed by atoms with Gasteiger partial charge in [0, 0.05) is 44.3 Å². The molecule has 0 spiro atoms. The summed E-state index contributed by atoms with van der Waals surface area (Å²) in [5.41, 5.74) is -0.198. The topological polar surface area (TPSA) is 35.9 Å². The van der Waals surface area contributed by atoms with Crippen molar-refractivity contribution in [3.05, 3.63) is 392 Å². The minimum absolute atomic E-state index is 0. The van der Waals surface area contributed by atoms with Gasteiger partial charge in [0.1, 0.15) is 5.82 Å². The molecule has 0 aliphatic rings. The molecule has 0 aliphatic heterocycles.